The van der Waals surface area contributed by atoms with Gasteiger partial charge < -0.3 is 14.4 Å². The first-order valence-corrected chi connectivity index (χ1v) is 8.95. The topological polar surface area (TPSA) is 38.8 Å². The molecule has 0 saturated carbocycles. The molecule has 0 spiro atoms. The lowest BCUT2D eigenvalue weighted by Crippen LogP contribution is -2.40. The summed E-state index contributed by atoms with van der Waals surface area (Å²) in [5.41, 5.74) is -0.106. The van der Waals surface area contributed by atoms with E-state index in [4.69, 9.17) is 9.47 Å². The number of carbonyl (C=O) groups excluding carboxylic acids is 1. The van der Waals surface area contributed by atoms with Gasteiger partial charge in [0.2, 0.25) is 6.79 Å². The molecule has 2 aliphatic rings. The molecule has 8 heteroatoms. The molecule has 148 valence electrons. The standard InChI is InChI=1S/C20H17F4NO3/c21-13-9-14(22)19(24)17(18(13)23)20(26)25-5-3-11(4-6-25)7-12-1-2-15-16(8-12)28-10-27-15/h1-2,8-9,11H,3-7,10H2. The third-order valence-electron chi connectivity index (χ3n) is 5.19. The molecule has 0 bridgehead atoms. The van der Waals surface area contributed by atoms with Gasteiger partial charge in [-0.25, -0.2) is 17.6 Å². The van der Waals surface area contributed by atoms with Crippen molar-refractivity contribution in [3.63, 3.8) is 0 Å². The SMILES string of the molecule is O=C(c1c(F)c(F)cc(F)c1F)N1CCC(Cc2ccc3c(c2)OCO3)CC1. The largest absolute Gasteiger partial charge is 0.454 e. The van der Waals surface area contributed by atoms with Gasteiger partial charge in [0.05, 0.1) is 0 Å². The number of rotatable bonds is 3. The molecule has 0 aliphatic carbocycles. The Labute approximate surface area is 158 Å². The number of likely N-dealkylation sites (tertiary alicyclic amines) is 1. The summed E-state index contributed by atoms with van der Waals surface area (Å²) in [5.74, 6) is -5.85. The van der Waals surface area contributed by atoms with Crippen molar-refractivity contribution in [1.29, 1.82) is 0 Å². The van der Waals surface area contributed by atoms with Crippen molar-refractivity contribution in [3.05, 3.63) is 58.7 Å². The third kappa shape index (κ3) is 3.39. The summed E-state index contributed by atoms with van der Waals surface area (Å²) < 4.78 is 65.1. The molecule has 2 aromatic carbocycles. The zero-order chi connectivity index (χ0) is 19.8. The van der Waals surface area contributed by atoms with Gasteiger partial charge in [0.25, 0.3) is 5.91 Å². The number of fused-ring (bicyclic) bond motifs is 1. The molecule has 1 fully saturated rings. The summed E-state index contributed by atoms with van der Waals surface area (Å²) in [4.78, 5) is 13.7. The fourth-order valence-corrected chi connectivity index (χ4v) is 3.66. The van der Waals surface area contributed by atoms with Crippen LogP contribution in [-0.2, 0) is 6.42 Å². The Morgan fingerprint density at radius 2 is 1.61 bits per heavy atom. The second kappa shape index (κ2) is 7.33. The average Bonchev–Trinajstić information content (AvgIpc) is 3.15. The number of benzene rings is 2. The summed E-state index contributed by atoms with van der Waals surface area (Å²) in [5, 5.41) is 0. The van der Waals surface area contributed by atoms with Gasteiger partial charge in [0, 0.05) is 19.2 Å². The molecule has 2 heterocycles. The van der Waals surface area contributed by atoms with Crippen molar-refractivity contribution >= 4 is 5.91 Å². The van der Waals surface area contributed by atoms with Gasteiger partial charge in [-0.15, -0.1) is 0 Å². The Hall–Kier alpha value is -2.77. The van der Waals surface area contributed by atoms with E-state index in [2.05, 4.69) is 0 Å². The number of piperidine rings is 1. The second-order valence-corrected chi connectivity index (χ2v) is 6.97. The van der Waals surface area contributed by atoms with Crippen LogP contribution in [-0.4, -0.2) is 30.7 Å². The highest BCUT2D eigenvalue weighted by Crippen LogP contribution is 2.34. The molecule has 2 aromatic rings. The van der Waals surface area contributed by atoms with Crippen LogP contribution in [0.1, 0.15) is 28.8 Å². The summed E-state index contributed by atoms with van der Waals surface area (Å²) in [6.45, 7) is 0.712. The maximum absolute atomic E-state index is 13.9. The number of nitrogens with zero attached hydrogens (tertiary/aromatic N) is 1. The van der Waals surface area contributed by atoms with E-state index in [0.29, 0.717) is 24.3 Å². The predicted octanol–water partition coefficient (Wildman–Crippen LogP) is 4.07. The van der Waals surface area contributed by atoms with Gasteiger partial charge in [0.1, 0.15) is 5.56 Å². The summed E-state index contributed by atoms with van der Waals surface area (Å²) in [7, 11) is 0. The Balaban J connectivity index is 1.41. The monoisotopic (exact) mass is 395 g/mol. The fourth-order valence-electron chi connectivity index (χ4n) is 3.66. The van der Waals surface area contributed by atoms with Gasteiger partial charge in [-0.2, -0.15) is 0 Å². The first-order valence-electron chi connectivity index (χ1n) is 8.95. The summed E-state index contributed by atoms with van der Waals surface area (Å²) >= 11 is 0. The second-order valence-electron chi connectivity index (χ2n) is 6.97. The van der Waals surface area contributed by atoms with Crippen molar-refractivity contribution in [2.24, 2.45) is 5.92 Å². The molecule has 0 atom stereocenters. The lowest BCUT2D eigenvalue weighted by molar-refractivity contribution is 0.0678. The maximum Gasteiger partial charge on any atom is 0.260 e. The number of hydrogen-bond acceptors (Lipinski definition) is 3. The van der Waals surface area contributed by atoms with Crippen LogP contribution in [0.15, 0.2) is 24.3 Å². The minimum atomic E-state index is -1.66. The van der Waals surface area contributed by atoms with E-state index in [1.807, 2.05) is 18.2 Å². The quantitative estimate of drug-likeness (QED) is 0.581. The van der Waals surface area contributed by atoms with Gasteiger partial charge >= 0.3 is 0 Å². The molecular formula is C20H17F4NO3. The third-order valence-corrected chi connectivity index (χ3v) is 5.19. The van der Waals surface area contributed by atoms with E-state index in [0.717, 1.165) is 12.0 Å². The molecule has 2 aliphatic heterocycles. The van der Waals surface area contributed by atoms with Crippen LogP contribution in [0.2, 0.25) is 0 Å². The van der Waals surface area contributed by atoms with Gasteiger partial charge in [-0.05, 0) is 42.9 Å². The molecular weight excluding hydrogens is 378 g/mol. The van der Waals surface area contributed by atoms with Crippen LogP contribution in [0.4, 0.5) is 17.6 Å². The average molecular weight is 395 g/mol. The first kappa shape index (κ1) is 18.6. The summed E-state index contributed by atoms with van der Waals surface area (Å²) in [6, 6.07) is 5.81. The fraction of sp³-hybridized carbons (Fsp3) is 0.350. The van der Waals surface area contributed by atoms with Gasteiger partial charge in [-0.1, -0.05) is 6.07 Å². The van der Waals surface area contributed by atoms with E-state index in [-0.39, 0.29) is 31.9 Å². The van der Waals surface area contributed by atoms with E-state index in [1.54, 1.807) is 0 Å². The molecule has 1 amide bonds. The number of halogens is 4. The van der Waals surface area contributed by atoms with Crippen molar-refractivity contribution in [1.82, 2.24) is 4.90 Å². The maximum atomic E-state index is 13.9. The molecule has 0 N–H and O–H groups in total. The highest BCUT2D eigenvalue weighted by atomic mass is 19.2. The minimum absolute atomic E-state index is 0.0963. The van der Waals surface area contributed by atoms with Crippen LogP contribution in [0.5, 0.6) is 11.5 Å². The number of amides is 1. The Kier molecular flexibility index (Phi) is 4.87. The first-order chi connectivity index (χ1) is 13.4. The highest BCUT2D eigenvalue weighted by molar-refractivity contribution is 5.95. The predicted molar refractivity (Wildman–Crippen MR) is 91.2 cm³/mol. The number of carbonyl (C=O) groups is 1. The van der Waals surface area contributed by atoms with Crippen LogP contribution >= 0.6 is 0 Å². The molecule has 0 aromatic heterocycles. The van der Waals surface area contributed by atoms with E-state index in [1.165, 1.54) is 4.90 Å². The van der Waals surface area contributed by atoms with Crippen molar-refractivity contribution in [2.75, 3.05) is 19.9 Å². The molecule has 0 unspecified atom stereocenters. The highest BCUT2D eigenvalue weighted by Gasteiger charge is 2.31. The zero-order valence-corrected chi connectivity index (χ0v) is 14.8. The molecule has 1 saturated heterocycles. The minimum Gasteiger partial charge on any atom is -0.454 e. The van der Waals surface area contributed by atoms with Crippen molar-refractivity contribution in [2.45, 2.75) is 19.3 Å². The van der Waals surface area contributed by atoms with Crippen LogP contribution < -0.4 is 9.47 Å². The number of ether oxygens (including phenoxy) is 2. The van der Waals surface area contributed by atoms with E-state index in [9.17, 15) is 22.4 Å². The summed E-state index contributed by atoms with van der Waals surface area (Å²) in [6.07, 6.45) is 1.98. The number of hydrogen-bond donors (Lipinski definition) is 0. The Morgan fingerprint density at radius 3 is 2.29 bits per heavy atom. The lowest BCUT2D eigenvalue weighted by Gasteiger charge is -2.32. The van der Waals surface area contributed by atoms with Crippen LogP contribution in [0, 0.1) is 29.2 Å². The van der Waals surface area contributed by atoms with E-state index < -0.39 is 34.7 Å². The van der Waals surface area contributed by atoms with Crippen molar-refractivity contribution in [3.8, 4) is 11.5 Å². The normalized spacial score (nSPS) is 16.5. The molecule has 4 nitrogen and oxygen atoms in total. The lowest BCUT2D eigenvalue weighted by atomic mass is 9.89. The zero-order valence-electron chi connectivity index (χ0n) is 14.8. The van der Waals surface area contributed by atoms with Crippen LogP contribution in [0.25, 0.3) is 0 Å². The molecule has 4 rings (SSSR count). The van der Waals surface area contributed by atoms with E-state index >= 15 is 0 Å². The molecule has 0 radical (unpaired) electrons. The van der Waals surface area contributed by atoms with Gasteiger partial charge in [0.15, 0.2) is 34.8 Å². The Morgan fingerprint density at radius 1 is 0.964 bits per heavy atom. The van der Waals surface area contributed by atoms with Gasteiger partial charge in [-0.3, -0.25) is 4.79 Å². The van der Waals surface area contributed by atoms with Crippen molar-refractivity contribution < 1.29 is 31.8 Å². The smallest absolute Gasteiger partial charge is 0.260 e. The Bertz CT molecular complexity index is 900. The van der Waals surface area contributed by atoms with Crippen LogP contribution in [0.3, 0.4) is 0 Å². The molecule has 28 heavy (non-hydrogen) atoms.